The van der Waals surface area contributed by atoms with Gasteiger partial charge in [-0.3, -0.25) is 9.59 Å². The maximum Gasteiger partial charge on any atom is 0.229 e. The molecule has 0 radical (unpaired) electrons. The first-order valence-corrected chi connectivity index (χ1v) is 14.2. The van der Waals surface area contributed by atoms with E-state index in [-0.39, 0.29) is 23.2 Å². The summed E-state index contributed by atoms with van der Waals surface area (Å²) in [5.74, 6) is 0.459. The fourth-order valence-corrected chi connectivity index (χ4v) is 9.30. The number of sulfone groups is 1. The second-order valence-electron chi connectivity index (χ2n) is 9.95. The van der Waals surface area contributed by atoms with Crippen molar-refractivity contribution in [2.45, 2.75) is 39.0 Å². The Balaban J connectivity index is 1.53. The largest absolute Gasteiger partial charge is 0.497 e. The fourth-order valence-electron chi connectivity index (χ4n) is 5.40. The Hall–Kier alpha value is -2.39. The van der Waals surface area contributed by atoms with Crippen molar-refractivity contribution < 1.29 is 27.5 Å². The van der Waals surface area contributed by atoms with Gasteiger partial charge in [0, 0.05) is 16.5 Å². The van der Waals surface area contributed by atoms with Gasteiger partial charge in [0.25, 0.3) is 0 Å². The number of carbonyl (C=O) groups is 2. The number of carbonyl (C=O) groups excluding carboxylic acids is 2. The Morgan fingerprint density at radius 2 is 1.79 bits per heavy atom. The lowest BCUT2D eigenvalue weighted by Crippen LogP contribution is -2.30. The minimum absolute atomic E-state index is 0.0892. The van der Waals surface area contributed by atoms with Crippen LogP contribution in [0.1, 0.15) is 52.5 Å². The third-order valence-corrected chi connectivity index (χ3v) is 10.5. The number of ether oxygens (including phenoxy) is 2. The highest BCUT2D eigenvalue weighted by Gasteiger charge is 2.60. The molecule has 2 aromatic rings. The topological polar surface area (TPSA) is 98.8 Å². The number of anilines is 1. The Labute approximate surface area is 203 Å². The Morgan fingerprint density at radius 1 is 1.12 bits per heavy atom. The molecule has 0 bridgehead atoms. The summed E-state index contributed by atoms with van der Waals surface area (Å²) < 4.78 is 35.2. The van der Waals surface area contributed by atoms with Crippen LogP contribution in [0, 0.1) is 17.3 Å². The zero-order valence-electron chi connectivity index (χ0n) is 19.6. The van der Waals surface area contributed by atoms with Crippen molar-refractivity contribution in [3.63, 3.8) is 0 Å². The second-order valence-corrected chi connectivity index (χ2v) is 13.2. The van der Waals surface area contributed by atoms with Crippen LogP contribution >= 0.6 is 11.3 Å². The van der Waals surface area contributed by atoms with Crippen LogP contribution in [0.3, 0.4) is 0 Å². The molecule has 2 atom stereocenters. The molecule has 182 valence electrons. The molecule has 9 heteroatoms. The standard InChI is InChI=1S/C25H29NO6S2/c1-14-4-5-18-20(8-14)33-24(26-23(28)19-12-34(29,30)13-25(19)6-7-25)21(18)22(27)15-9-16(31-2)11-17(10-15)32-3/h9-11,14,19H,4-8,12-13H2,1-3H3,(H,26,28). The van der Waals surface area contributed by atoms with Gasteiger partial charge in [-0.25, -0.2) is 8.42 Å². The van der Waals surface area contributed by atoms with Crippen LogP contribution in [0.5, 0.6) is 11.5 Å². The molecule has 1 amide bonds. The summed E-state index contributed by atoms with van der Waals surface area (Å²) in [5, 5.41) is 3.52. The molecule has 7 nitrogen and oxygen atoms in total. The molecule has 1 aliphatic heterocycles. The average molecular weight is 504 g/mol. The van der Waals surface area contributed by atoms with Crippen LogP contribution in [-0.4, -0.2) is 45.8 Å². The SMILES string of the molecule is COc1cc(OC)cc(C(=O)c2c(NC(=O)C3CS(=O)(=O)CC34CC4)sc3c2CCC(C)C3)c1. The number of amides is 1. The molecular weight excluding hydrogens is 474 g/mol. The molecule has 34 heavy (non-hydrogen) atoms. The van der Waals surface area contributed by atoms with Gasteiger partial charge < -0.3 is 14.8 Å². The minimum atomic E-state index is -3.22. The van der Waals surface area contributed by atoms with Crippen molar-refractivity contribution in [3.05, 3.63) is 39.8 Å². The lowest BCUT2D eigenvalue weighted by molar-refractivity contribution is -0.120. The Bertz CT molecular complexity index is 1250. The smallest absolute Gasteiger partial charge is 0.229 e. The first kappa shape index (κ1) is 23.4. The Kier molecular flexibility index (Phi) is 5.75. The summed E-state index contributed by atoms with van der Waals surface area (Å²) in [4.78, 5) is 28.3. The van der Waals surface area contributed by atoms with Gasteiger partial charge in [0.1, 0.15) is 16.5 Å². The molecule has 2 fully saturated rings. The third kappa shape index (κ3) is 4.13. The van der Waals surface area contributed by atoms with Crippen LogP contribution in [0.2, 0.25) is 0 Å². The van der Waals surface area contributed by atoms with Gasteiger partial charge >= 0.3 is 0 Å². The second kappa shape index (κ2) is 8.37. The van der Waals surface area contributed by atoms with E-state index < -0.39 is 21.2 Å². The van der Waals surface area contributed by atoms with Gasteiger partial charge in [0.15, 0.2) is 15.6 Å². The van der Waals surface area contributed by atoms with Crippen molar-refractivity contribution in [2.75, 3.05) is 31.0 Å². The number of methoxy groups -OCH3 is 2. The van der Waals surface area contributed by atoms with E-state index in [0.717, 1.165) is 42.5 Å². The van der Waals surface area contributed by atoms with Crippen molar-refractivity contribution in [2.24, 2.45) is 17.3 Å². The number of fused-ring (bicyclic) bond motifs is 1. The van der Waals surface area contributed by atoms with E-state index >= 15 is 0 Å². The number of benzene rings is 1. The minimum Gasteiger partial charge on any atom is -0.497 e. The van der Waals surface area contributed by atoms with E-state index in [1.165, 1.54) is 25.6 Å². The lowest BCUT2D eigenvalue weighted by Gasteiger charge is -2.19. The van der Waals surface area contributed by atoms with Gasteiger partial charge in [-0.1, -0.05) is 6.92 Å². The molecule has 1 saturated carbocycles. The highest BCUT2D eigenvalue weighted by molar-refractivity contribution is 7.91. The van der Waals surface area contributed by atoms with E-state index in [1.807, 2.05) is 0 Å². The molecule has 1 saturated heterocycles. The number of hydrogen-bond acceptors (Lipinski definition) is 7. The monoisotopic (exact) mass is 503 g/mol. The van der Waals surface area contributed by atoms with Crippen molar-refractivity contribution >= 4 is 37.9 Å². The highest BCUT2D eigenvalue weighted by atomic mass is 32.2. The molecule has 2 aliphatic carbocycles. The van der Waals surface area contributed by atoms with Crippen LogP contribution in [0.25, 0.3) is 0 Å². The van der Waals surface area contributed by atoms with Gasteiger partial charge in [0.2, 0.25) is 5.91 Å². The van der Waals surface area contributed by atoms with Crippen LogP contribution in [0.4, 0.5) is 5.00 Å². The molecule has 3 aliphatic rings. The zero-order valence-corrected chi connectivity index (χ0v) is 21.2. The third-order valence-electron chi connectivity index (χ3n) is 7.46. The molecule has 1 N–H and O–H groups in total. The molecule has 1 aromatic heterocycles. The summed E-state index contributed by atoms with van der Waals surface area (Å²) in [6.07, 6.45) is 4.13. The van der Waals surface area contributed by atoms with E-state index in [4.69, 9.17) is 9.47 Å². The van der Waals surface area contributed by atoms with Gasteiger partial charge in [0.05, 0.1) is 37.2 Å². The van der Waals surface area contributed by atoms with E-state index in [2.05, 4.69) is 12.2 Å². The summed E-state index contributed by atoms with van der Waals surface area (Å²) in [5.41, 5.74) is 1.51. The molecule has 2 unspecified atom stereocenters. The molecular formula is C25H29NO6S2. The van der Waals surface area contributed by atoms with Gasteiger partial charge in [-0.05, 0) is 61.1 Å². The van der Waals surface area contributed by atoms with Gasteiger partial charge in [-0.15, -0.1) is 11.3 Å². The highest BCUT2D eigenvalue weighted by Crippen LogP contribution is 2.57. The summed E-state index contributed by atoms with van der Waals surface area (Å²) in [6, 6.07) is 5.06. The Morgan fingerprint density at radius 3 is 2.41 bits per heavy atom. The lowest BCUT2D eigenvalue weighted by atomic mass is 9.86. The summed E-state index contributed by atoms with van der Waals surface area (Å²) in [7, 11) is -0.157. The van der Waals surface area contributed by atoms with E-state index in [9.17, 15) is 18.0 Å². The van der Waals surface area contributed by atoms with Gasteiger partial charge in [-0.2, -0.15) is 0 Å². The van der Waals surface area contributed by atoms with Crippen LogP contribution in [-0.2, 0) is 27.5 Å². The maximum atomic E-state index is 13.8. The van der Waals surface area contributed by atoms with Crippen LogP contribution in [0.15, 0.2) is 18.2 Å². The predicted molar refractivity (Wildman–Crippen MR) is 131 cm³/mol. The number of hydrogen-bond donors (Lipinski definition) is 1. The molecule has 1 aromatic carbocycles. The van der Waals surface area contributed by atoms with Crippen LogP contribution < -0.4 is 14.8 Å². The quantitative estimate of drug-likeness (QED) is 0.601. The van der Waals surface area contributed by atoms with Crippen molar-refractivity contribution in [1.82, 2.24) is 0 Å². The molecule has 2 heterocycles. The molecule has 5 rings (SSSR count). The first-order valence-electron chi connectivity index (χ1n) is 11.6. The average Bonchev–Trinajstić information content (AvgIpc) is 3.39. The van der Waals surface area contributed by atoms with E-state index in [1.54, 1.807) is 18.2 Å². The maximum absolute atomic E-state index is 13.8. The van der Waals surface area contributed by atoms with Crippen molar-refractivity contribution in [1.29, 1.82) is 0 Å². The van der Waals surface area contributed by atoms with E-state index in [0.29, 0.717) is 33.5 Å². The fraction of sp³-hybridized carbons (Fsp3) is 0.520. The normalized spacial score (nSPS) is 23.9. The number of nitrogens with one attached hydrogen (secondary N) is 1. The summed E-state index contributed by atoms with van der Waals surface area (Å²) >= 11 is 1.45. The predicted octanol–water partition coefficient (Wildman–Crippen LogP) is 3.88. The first-order chi connectivity index (χ1) is 16.1. The number of rotatable bonds is 6. The number of ketones is 1. The summed E-state index contributed by atoms with van der Waals surface area (Å²) in [6.45, 7) is 2.19. The number of thiophene rings is 1. The zero-order chi connectivity index (χ0) is 24.3. The molecule has 1 spiro atoms. The van der Waals surface area contributed by atoms with Crippen molar-refractivity contribution in [3.8, 4) is 11.5 Å².